The molecule has 2 atom stereocenters. The molecule has 6 heteroatoms. The molecule has 2 heterocycles. The Balaban J connectivity index is 1.99. The van der Waals surface area contributed by atoms with Crippen molar-refractivity contribution in [3.05, 3.63) is 23.5 Å². The average molecular weight is 282 g/mol. The summed E-state index contributed by atoms with van der Waals surface area (Å²) in [4.78, 5) is 23.5. The van der Waals surface area contributed by atoms with Gasteiger partial charge in [0.2, 0.25) is 0 Å². The van der Waals surface area contributed by atoms with Crippen LogP contribution in [0.4, 0.5) is 0 Å². The summed E-state index contributed by atoms with van der Waals surface area (Å²) >= 11 is 0. The van der Waals surface area contributed by atoms with E-state index in [0.717, 1.165) is 0 Å². The molecular formula is C14H18O6. The van der Waals surface area contributed by atoms with Crippen LogP contribution >= 0.6 is 0 Å². The molecule has 0 aromatic rings. The van der Waals surface area contributed by atoms with Crippen molar-refractivity contribution < 1.29 is 28.5 Å². The number of ether oxygens (including phenoxy) is 4. The van der Waals surface area contributed by atoms with Crippen molar-refractivity contribution in [2.45, 2.75) is 32.5 Å². The standard InChI is InChI=1S/C14H18O6/c1-8(2)13(15)20-12(4-10-5-17-10)9(3)14(16)19-7-11-6-18-11/h10-11H,1,4-7H2,2-3H3. The third kappa shape index (κ3) is 4.47. The number of hydrogen-bond acceptors (Lipinski definition) is 6. The van der Waals surface area contributed by atoms with Gasteiger partial charge in [-0.15, -0.1) is 0 Å². The first-order chi connectivity index (χ1) is 9.47. The number of epoxide rings is 2. The van der Waals surface area contributed by atoms with E-state index in [1.54, 1.807) is 13.8 Å². The zero-order valence-corrected chi connectivity index (χ0v) is 11.6. The van der Waals surface area contributed by atoms with Gasteiger partial charge < -0.3 is 18.9 Å². The maximum absolute atomic E-state index is 11.9. The molecule has 2 saturated heterocycles. The predicted molar refractivity (Wildman–Crippen MR) is 68.7 cm³/mol. The van der Waals surface area contributed by atoms with Gasteiger partial charge in [0.1, 0.15) is 18.5 Å². The molecule has 0 saturated carbocycles. The molecule has 0 aromatic carbocycles. The summed E-state index contributed by atoms with van der Waals surface area (Å²) in [7, 11) is 0. The van der Waals surface area contributed by atoms with Gasteiger partial charge in [-0.25, -0.2) is 9.59 Å². The van der Waals surface area contributed by atoms with Gasteiger partial charge >= 0.3 is 11.9 Å². The van der Waals surface area contributed by atoms with Gasteiger partial charge in [-0.2, -0.15) is 0 Å². The molecule has 0 aliphatic carbocycles. The fraction of sp³-hybridized carbons (Fsp3) is 0.571. The summed E-state index contributed by atoms with van der Waals surface area (Å²) in [5, 5.41) is 0. The molecular weight excluding hydrogens is 264 g/mol. The monoisotopic (exact) mass is 282 g/mol. The minimum Gasteiger partial charge on any atom is -0.459 e. The Kier molecular flexibility index (Phi) is 4.57. The zero-order chi connectivity index (χ0) is 14.7. The van der Waals surface area contributed by atoms with E-state index in [2.05, 4.69) is 6.58 Å². The van der Waals surface area contributed by atoms with Crippen molar-refractivity contribution in [2.24, 2.45) is 0 Å². The smallest absolute Gasteiger partial charge is 0.338 e. The summed E-state index contributed by atoms with van der Waals surface area (Å²) in [6, 6.07) is 0. The largest absolute Gasteiger partial charge is 0.459 e. The highest BCUT2D eigenvalue weighted by Gasteiger charge is 2.29. The van der Waals surface area contributed by atoms with Crippen molar-refractivity contribution in [3.8, 4) is 0 Å². The van der Waals surface area contributed by atoms with Crippen molar-refractivity contribution in [1.29, 1.82) is 0 Å². The second-order valence-corrected chi connectivity index (χ2v) is 4.93. The van der Waals surface area contributed by atoms with Crippen LogP contribution in [-0.4, -0.2) is 44.0 Å². The molecule has 0 spiro atoms. The normalized spacial score (nSPS) is 24.5. The Hall–Kier alpha value is -1.66. The van der Waals surface area contributed by atoms with Crippen molar-refractivity contribution in [1.82, 2.24) is 0 Å². The third-order valence-electron chi connectivity index (χ3n) is 2.91. The van der Waals surface area contributed by atoms with Crippen LogP contribution in [0.3, 0.4) is 0 Å². The molecule has 0 radical (unpaired) electrons. The van der Waals surface area contributed by atoms with Gasteiger partial charge in [0, 0.05) is 12.0 Å². The Morgan fingerprint density at radius 1 is 1.15 bits per heavy atom. The number of carbonyl (C=O) groups excluding carboxylic acids is 2. The lowest BCUT2D eigenvalue weighted by Crippen LogP contribution is -2.16. The Morgan fingerprint density at radius 2 is 1.75 bits per heavy atom. The Bertz CT molecular complexity index is 456. The minimum atomic E-state index is -0.557. The SMILES string of the molecule is C=C(C)C(=O)OC(CC1CO1)=C(C)C(=O)OCC1CO1. The molecule has 0 bridgehead atoms. The molecule has 2 aliphatic heterocycles. The highest BCUT2D eigenvalue weighted by Crippen LogP contribution is 2.24. The van der Waals surface area contributed by atoms with Crippen molar-refractivity contribution in [2.75, 3.05) is 19.8 Å². The molecule has 2 aliphatic rings. The molecule has 6 nitrogen and oxygen atoms in total. The van der Waals surface area contributed by atoms with Gasteiger partial charge in [0.15, 0.2) is 0 Å². The van der Waals surface area contributed by atoms with E-state index in [4.69, 9.17) is 18.9 Å². The Morgan fingerprint density at radius 3 is 2.25 bits per heavy atom. The van der Waals surface area contributed by atoms with E-state index in [1.807, 2.05) is 0 Å². The van der Waals surface area contributed by atoms with E-state index in [0.29, 0.717) is 19.6 Å². The zero-order valence-electron chi connectivity index (χ0n) is 11.6. The molecule has 20 heavy (non-hydrogen) atoms. The van der Waals surface area contributed by atoms with Gasteiger partial charge in [-0.05, 0) is 13.8 Å². The molecule has 2 fully saturated rings. The predicted octanol–water partition coefficient (Wildman–Crippen LogP) is 1.11. The van der Waals surface area contributed by atoms with E-state index < -0.39 is 11.9 Å². The first-order valence-corrected chi connectivity index (χ1v) is 6.45. The highest BCUT2D eigenvalue weighted by atomic mass is 16.6. The van der Waals surface area contributed by atoms with Crippen molar-refractivity contribution in [3.63, 3.8) is 0 Å². The minimum absolute atomic E-state index is 0.0000599. The van der Waals surface area contributed by atoms with Crippen LogP contribution in [-0.2, 0) is 28.5 Å². The van der Waals surface area contributed by atoms with Crippen LogP contribution in [0.5, 0.6) is 0 Å². The topological polar surface area (TPSA) is 77.7 Å². The van der Waals surface area contributed by atoms with E-state index in [1.165, 1.54) is 0 Å². The molecule has 2 rings (SSSR count). The summed E-state index contributed by atoms with van der Waals surface area (Å²) in [5.41, 5.74) is 0.544. The fourth-order valence-electron chi connectivity index (χ4n) is 1.42. The second-order valence-electron chi connectivity index (χ2n) is 4.93. The van der Waals surface area contributed by atoms with Gasteiger partial charge in [0.25, 0.3) is 0 Å². The first kappa shape index (κ1) is 14.7. The van der Waals surface area contributed by atoms with Gasteiger partial charge in [0.05, 0.1) is 24.9 Å². The second kappa shape index (κ2) is 6.19. The highest BCUT2D eigenvalue weighted by molar-refractivity contribution is 5.91. The van der Waals surface area contributed by atoms with Crippen LogP contribution < -0.4 is 0 Å². The number of hydrogen-bond donors (Lipinski definition) is 0. The third-order valence-corrected chi connectivity index (χ3v) is 2.91. The van der Waals surface area contributed by atoms with E-state index in [9.17, 15) is 9.59 Å². The lowest BCUT2D eigenvalue weighted by Gasteiger charge is -2.11. The molecule has 0 amide bonds. The number of carbonyl (C=O) groups is 2. The van der Waals surface area contributed by atoms with Crippen LogP contribution in [0.2, 0.25) is 0 Å². The summed E-state index contributed by atoms with van der Waals surface area (Å²) < 4.78 is 20.3. The lowest BCUT2D eigenvalue weighted by atomic mass is 10.1. The fourth-order valence-corrected chi connectivity index (χ4v) is 1.42. The molecule has 0 N–H and O–H groups in total. The van der Waals surface area contributed by atoms with Crippen LogP contribution in [0, 0.1) is 0 Å². The summed E-state index contributed by atoms with van der Waals surface area (Å²) in [6.45, 7) is 8.07. The maximum Gasteiger partial charge on any atom is 0.338 e. The summed E-state index contributed by atoms with van der Waals surface area (Å²) in [6.07, 6.45) is 0.372. The van der Waals surface area contributed by atoms with E-state index in [-0.39, 0.29) is 35.7 Å². The Labute approximate surface area is 117 Å². The van der Waals surface area contributed by atoms with E-state index >= 15 is 0 Å². The summed E-state index contributed by atoms with van der Waals surface area (Å²) in [5.74, 6) is -0.786. The number of esters is 2. The van der Waals surface area contributed by atoms with Gasteiger partial charge in [-0.1, -0.05) is 6.58 Å². The van der Waals surface area contributed by atoms with Crippen molar-refractivity contribution >= 4 is 11.9 Å². The average Bonchev–Trinajstić information content (AvgIpc) is 3.27. The number of rotatable bonds is 7. The van der Waals surface area contributed by atoms with Crippen LogP contribution in [0.1, 0.15) is 20.3 Å². The van der Waals surface area contributed by atoms with Crippen LogP contribution in [0.15, 0.2) is 23.5 Å². The van der Waals surface area contributed by atoms with Gasteiger partial charge in [-0.3, -0.25) is 0 Å². The van der Waals surface area contributed by atoms with Crippen LogP contribution in [0.25, 0.3) is 0 Å². The lowest BCUT2D eigenvalue weighted by molar-refractivity contribution is -0.140. The first-order valence-electron chi connectivity index (χ1n) is 6.45. The quantitative estimate of drug-likeness (QED) is 0.301. The molecule has 110 valence electrons. The molecule has 0 aromatic heterocycles. The molecule has 2 unspecified atom stereocenters. The maximum atomic E-state index is 11.9.